The Morgan fingerprint density at radius 1 is 0.362 bits per heavy atom. The van der Waals surface area contributed by atoms with Crippen molar-refractivity contribution in [2.75, 3.05) is 39.6 Å². The minimum atomic E-state index is -4.94. The molecule has 0 heterocycles. The van der Waals surface area contributed by atoms with Crippen LogP contribution in [0.2, 0.25) is 0 Å². The molecule has 0 aliphatic rings. The van der Waals surface area contributed by atoms with E-state index in [4.69, 9.17) is 37.0 Å². The lowest BCUT2D eigenvalue weighted by molar-refractivity contribution is -0.161. The lowest BCUT2D eigenvalue weighted by Crippen LogP contribution is -2.30. The van der Waals surface area contributed by atoms with Crippen molar-refractivity contribution in [1.29, 1.82) is 0 Å². The average molecular weight is 1190 g/mol. The highest BCUT2D eigenvalue weighted by Crippen LogP contribution is 2.45. The Labute approximate surface area is 486 Å². The number of ether oxygens (including phenoxy) is 4. The van der Waals surface area contributed by atoms with E-state index in [1.165, 1.54) is 96.3 Å². The van der Waals surface area contributed by atoms with Gasteiger partial charge in [0.1, 0.15) is 19.3 Å². The van der Waals surface area contributed by atoms with Crippen LogP contribution in [0.5, 0.6) is 0 Å². The van der Waals surface area contributed by atoms with E-state index in [0.717, 1.165) is 121 Å². The molecule has 3 N–H and O–H groups in total. The topological polar surface area (TPSA) is 237 Å². The molecule has 0 aromatic rings. The summed E-state index contributed by atoms with van der Waals surface area (Å²) in [5.74, 6) is -0.647. The molecule has 0 aliphatic carbocycles. The molecule has 474 valence electrons. The molecule has 0 fully saturated rings. The van der Waals surface area contributed by atoms with Gasteiger partial charge in [-0.2, -0.15) is 0 Å². The highest BCUT2D eigenvalue weighted by Gasteiger charge is 2.30. The van der Waals surface area contributed by atoms with Gasteiger partial charge in [0.15, 0.2) is 12.2 Å². The zero-order valence-corrected chi connectivity index (χ0v) is 53.2. The van der Waals surface area contributed by atoms with Crippen LogP contribution in [0.1, 0.15) is 298 Å². The van der Waals surface area contributed by atoms with Gasteiger partial charge >= 0.3 is 39.5 Å². The van der Waals surface area contributed by atoms with E-state index in [1.807, 2.05) is 0 Å². The molecule has 0 rings (SSSR count). The fraction of sp³-hybridized carbons (Fsp3) is 0.934. The molecule has 0 aromatic carbocycles. The van der Waals surface area contributed by atoms with Gasteiger partial charge in [-0.05, 0) is 37.5 Å². The maximum Gasteiger partial charge on any atom is 0.472 e. The molecule has 80 heavy (non-hydrogen) atoms. The first-order chi connectivity index (χ1) is 38.4. The number of hydrogen-bond acceptors (Lipinski definition) is 15. The first kappa shape index (κ1) is 78.1. The van der Waals surface area contributed by atoms with Crippen LogP contribution in [0.15, 0.2) is 0 Å². The Kier molecular flexibility index (Phi) is 52.5. The molecule has 19 heteroatoms. The zero-order valence-electron chi connectivity index (χ0n) is 51.4. The van der Waals surface area contributed by atoms with E-state index < -0.39 is 97.5 Å². The van der Waals surface area contributed by atoms with Gasteiger partial charge in [0.05, 0.1) is 26.4 Å². The number of carbonyl (C=O) groups is 4. The standard InChI is InChI=1S/C61H118O17P2/c1-7-10-12-14-16-24-31-37-43-58(63)71-49-56(77-60(65)45-39-33-25-17-15-13-11-8-2)51-75-79(67,68)73-47-55(62)48-74-80(69,70)76-52-57(50-72-59(64)44-38-32-28-27-30-36-42-54(6)9-3)78-61(66)46-40-34-26-22-20-18-19-21-23-29-35-41-53(4)5/h53-57,62H,7-52H2,1-6H3,(H,67,68)(H,69,70)/t54?,55-,56+,57+/m0/s1. The van der Waals surface area contributed by atoms with Crippen LogP contribution >= 0.6 is 15.6 Å². The fourth-order valence-corrected chi connectivity index (χ4v) is 10.5. The molecule has 0 saturated carbocycles. The fourth-order valence-electron chi connectivity index (χ4n) is 8.97. The average Bonchev–Trinajstić information content (AvgIpc) is 3.42. The maximum absolute atomic E-state index is 12.9. The highest BCUT2D eigenvalue weighted by atomic mass is 31.2. The van der Waals surface area contributed by atoms with Gasteiger partial charge in [-0.3, -0.25) is 37.3 Å². The van der Waals surface area contributed by atoms with Gasteiger partial charge in [0.25, 0.3) is 0 Å². The van der Waals surface area contributed by atoms with Crippen molar-refractivity contribution < 1.29 is 80.2 Å². The number of phosphoric acid groups is 2. The number of aliphatic hydroxyl groups is 1. The van der Waals surface area contributed by atoms with E-state index in [-0.39, 0.29) is 25.7 Å². The molecule has 0 aromatic heterocycles. The van der Waals surface area contributed by atoms with Crippen LogP contribution < -0.4 is 0 Å². The monoisotopic (exact) mass is 1180 g/mol. The Morgan fingerprint density at radius 3 is 0.950 bits per heavy atom. The molecule has 0 amide bonds. The first-order valence-corrected chi connectivity index (χ1v) is 35.0. The minimum Gasteiger partial charge on any atom is -0.462 e. The molecule has 6 atom stereocenters. The van der Waals surface area contributed by atoms with E-state index in [1.54, 1.807) is 0 Å². The number of carbonyl (C=O) groups excluding carboxylic acids is 4. The van der Waals surface area contributed by atoms with Crippen molar-refractivity contribution in [2.45, 2.75) is 317 Å². The molecular weight excluding hydrogens is 1070 g/mol. The predicted molar refractivity (Wildman–Crippen MR) is 317 cm³/mol. The molecule has 0 bridgehead atoms. The lowest BCUT2D eigenvalue weighted by Gasteiger charge is -2.21. The Bertz CT molecular complexity index is 1580. The Balaban J connectivity index is 5.21. The predicted octanol–water partition coefficient (Wildman–Crippen LogP) is 16.5. The summed E-state index contributed by atoms with van der Waals surface area (Å²) < 4.78 is 67.7. The second-order valence-corrected chi connectivity index (χ2v) is 25.7. The van der Waals surface area contributed by atoms with Gasteiger partial charge in [-0.15, -0.1) is 0 Å². The van der Waals surface area contributed by atoms with Gasteiger partial charge in [0.2, 0.25) is 0 Å². The van der Waals surface area contributed by atoms with Crippen molar-refractivity contribution in [3.05, 3.63) is 0 Å². The molecule has 0 aliphatic heterocycles. The van der Waals surface area contributed by atoms with Crippen molar-refractivity contribution in [3.63, 3.8) is 0 Å². The Morgan fingerprint density at radius 2 is 0.637 bits per heavy atom. The summed E-state index contributed by atoms with van der Waals surface area (Å²) in [6.45, 7) is 9.38. The van der Waals surface area contributed by atoms with E-state index >= 15 is 0 Å². The molecule has 17 nitrogen and oxygen atoms in total. The zero-order chi connectivity index (χ0) is 59.4. The highest BCUT2D eigenvalue weighted by molar-refractivity contribution is 7.47. The third-order valence-electron chi connectivity index (χ3n) is 14.3. The molecule has 0 saturated heterocycles. The van der Waals surface area contributed by atoms with E-state index in [0.29, 0.717) is 25.7 Å². The number of rotatable bonds is 60. The summed E-state index contributed by atoms with van der Waals surface area (Å²) in [6, 6.07) is 0. The van der Waals surface area contributed by atoms with Crippen LogP contribution in [-0.4, -0.2) is 96.7 Å². The summed E-state index contributed by atoms with van der Waals surface area (Å²) in [6.07, 6.45) is 34.9. The summed E-state index contributed by atoms with van der Waals surface area (Å²) in [5, 5.41) is 10.5. The van der Waals surface area contributed by atoms with Crippen molar-refractivity contribution in [2.24, 2.45) is 11.8 Å². The van der Waals surface area contributed by atoms with Crippen molar-refractivity contribution >= 4 is 39.5 Å². The smallest absolute Gasteiger partial charge is 0.462 e. The van der Waals surface area contributed by atoms with E-state index in [9.17, 15) is 43.2 Å². The summed E-state index contributed by atoms with van der Waals surface area (Å²) >= 11 is 0. The number of unbranched alkanes of at least 4 members (excludes halogenated alkanes) is 29. The quantitative estimate of drug-likeness (QED) is 0.0222. The summed E-state index contributed by atoms with van der Waals surface area (Å²) in [7, 11) is -9.87. The van der Waals surface area contributed by atoms with Gasteiger partial charge in [0, 0.05) is 25.7 Å². The van der Waals surface area contributed by atoms with Gasteiger partial charge in [-0.1, -0.05) is 247 Å². The normalized spacial score (nSPS) is 14.7. The third-order valence-corrected chi connectivity index (χ3v) is 16.2. The van der Waals surface area contributed by atoms with Gasteiger partial charge < -0.3 is 33.8 Å². The van der Waals surface area contributed by atoms with Crippen molar-refractivity contribution in [3.8, 4) is 0 Å². The van der Waals surface area contributed by atoms with Crippen LogP contribution in [0.4, 0.5) is 0 Å². The van der Waals surface area contributed by atoms with E-state index in [2.05, 4.69) is 41.5 Å². The van der Waals surface area contributed by atoms with Crippen LogP contribution in [0, 0.1) is 11.8 Å². The number of aliphatic hydroxyl groups excluding tert-OH is 1. The maximum atomic E-state index is 12.9. The van der Waals surface area contributed by atoms with Gasteiger partial charge in [-0.25, -0.2) is 9.13 Å². The second kappa shape index (κ2) is 53.8. The second-order valence-electron chi connectivity index (χ2n) is 22.8. The summed E-state index contributed by atoms with van der Waals surface area (Å²) in [4.78, 5) is 71.9. The lowest BCUT2D eigenvalue weighted by atomic mass is 10.00. The Hall–Kier alpha value is -1.94. The SMILES string of the molecule is CCCCCCCCCCC(=O)OC[C@H](COP(=O)(O)OC[C@H](O)COP(=O)(O)OC[C@@H](COC(=O)CCCCCCCCC(C)CC)OC(=O)CCCCCCCCCCCCCC(C)C)OC(=O)CCCCCCCCCC. The van der Waals surface area contributed by atoms with Crippen molar-refractivity contribution in [1.82, 2.24) is 0 Å². The minimum absolute atomic E-state index is 0.104. The van der Waals surface area contributed by atoms with Crippen LogP contribution in [-0.2, 0) is 65.4 Å². The van der Waals surface area contributed by atoms with Crippen LogP contribution in [0.25, 0.3) is 0 Å². The summed E-state index contributed by atoms with van der Waals surface area (Å²) in [5.41, 5.74) is 0. The largest absolute Gasteiger partial charge is 0.472 e. The number of hydrogen-bond donors (Lipinski definition) is 3. The first-order valence-electron chi connectivity index (χ1n) is 32.0. The van der Waals surface area contributed by atoms with Crippen LogP contribution in [0.3, 0.4) is 0 Å². The number of phosphoric ester groups is 2. The molecule has 0 radical (unpaired) electrons. The molecule has 3 unspecified atom stereocenters. The number of esters is 4. The molecule has 0 spiro atoms. The third kappa shape index (κ3) is 54.0. The molecular formula is C61H118O17P2.